The Hall–Kier alpha value is -0.220. The molecule has 1 unspecified atom stereocenters. The molecule has 2 fully saturated rings. The quantitative estimate of drug-likeness (QED) is 0.822. The number of carbonyl (C=O) groups is 1. The van der Waals surface area contributed by atoms with Crippen molar-refractivity contribution in [3.8, 4) is 0 Å². The second-order valence-electron chi connectivity index (χ2n) is 6.12. The van der Waals surface area contributed by atoms with E-state index in [2.05, 4.69) is 23.8 Å². The maximum atomic E-state index is 12.3. The van der Waals surface area contributed by atoms with Crippen molar-refractivity contribution in [1.29, 1.82) is 0 Å². The van der Waals surface area contributed by atoms with E-state index in [-0.39, 0.29) is 11.3 Å². The van der Waals surface area contributed by atoms with E-state index in [0.717, 1.165) is 26.1 Å². The highest BCUT2D eigenvalue weighted by Crippen LogP contribution is 2.38. The van der Waals surface area contributed by atoms with Crippen molar-refractivity contribution < 1.29 is 4.79 Å². The summed E-state index contributed by atoms with van der Waals surface area (Å²) in [7, 11) is 0. The molecule has 2 rings (SSSR count). The van der Waals surface area contributed by atoms with Crippen LogP contribution in [0, 0.1) is 5.41 Å². The van der Waals surface area contributed by atoms with Crippen LogP contribution in [0.4, 0.5) is 0 Å². The molecule has 0 aromatic heterocycles. The Morgan fingerprint density at radius 3 is 2.56 bits per heavy atom. The van der Waals surface area contributed by atoms with Crippen LogP contribution in [0.15, 0.2) is 0 Å². The molecular weight excluding hydrogens is 244 g/mol. The Morgan fingerprint density at radius 2 is 2.00 bits per heavy atom. The monoisotopic (exact) mass is 270 g/mol. The van der Waals surface area contributed by atoms with Gasteiger partial charge in [0.2, 0.25) is 5.91 Å². The van der Waals surface area contributed by atoms with E-state index in [1.165, 1.54) is 32.1 Å². The zero-order valence-corrected chi connectivity index (χ0v) is 12.5. The predicted molar refractivity (Wildman–Crippen MR) is 77.9 cm³/mol. The van der Waals surface area contributed by atoms with Crippen LogP contribution in [0.5, 0.6) is 0 Å². The maximum Gasteiger partial charge on any atom is 0.227 e. The Bertz CT molecular complexity index is 294. The summed E-state index contributed by atoms with van der Waals surface area (Å²) < 4.78 is 0.302. The van der Waals surface area contributed by atoms with Gasteiger partial charge in [0.05, 0.1) is 5.41 Å². The highest BCUT2D eigenvalue weighted by Gasteiger charge is 2.38. The van der Waals surface area contributed by atoms with Crippen LogP contribution in [-0.4, -0.2) is 36.5 Å². The molecule has 0 spiro atoms. The van der Waals surface area contributed by atoms with E-state index in [1.807, 2.05) is 11.8 Å². The molecule has 4 heteroatoms. The standard InChI is InChI=1S/C14H26N2OS/c1-13(8-9-15-10-13)12(17)16-11-14(18-2)6-4-3-5-7-14/h15H,3-11H2,1-2H3,(H,16,17). The lowest BCUT2D eigenvalue weighted by atomic mass is 9.86. The first-order chi connectivity index (χ1) is 8.60. The lowest BCUT2D eigenvalue weighted by molar-refractivity contribution is -0.129. The lowest BCUT2D eigenvalue weighted by Crippen LogP contribution is -2.47. The third kappa shape index (κ3) is 3.02. The summed E-state index contributed by atoms with van der Waals surface area (Å²) >= 11 is 1.95. The average Bonchev–Trinajstić information content (AvgIpc) is 2.85. The first-order valence-corrected chi connectivity index (χ1v) is 8.37. The Morgan fingerprint density at radius 1 is 1.28 bits per heavy atom. The third-order valence-electron chi connectivity index (χ3n) is 4.69. The molecule has 0 aromatic rings. The van der Waals surface area contributed by atoms with Crippen molar-refractivity contribution in [2.24, 2.45) is 5.41 Å². The smallest absolute Gasteiger partial charge is 0.227 e. The van der Waals surface area contributed by atoms with Gasteiger partial charge in [-0.3, -0.25) is 4.79 Å². The van der Waals surface area contributed by atoms with Crippen molar-refractivity contribution in [3.05, 3.63) is 0 Å². The van der Waals surface area contributed by atoms with Crippen LogP contribution in [0.3, 0.4) is 0 Å². The minimum atomic E-state index is -0.186. The number of amides is 1. The molecular formula is C14H26N2OS. The van der Waals surface area contributed by atoms with Gasteiger partial charge in [0, 0.05) is 17.8 Å². The molecule has 2 N–H and O–H groups in total. The van der Waals surface area contributed by atoms with E-state index in [0.29, 0.717) is 4.75 Å². The van der Waals surface area contributed by atoms with Crippen LogP contribution >= 0.6 is 11.8 Å². The predicted octanol–water partition coefficient (Wildman–Crippen LogP) is 2.17. The van der Waals surface area contributed by atoms with Gasteiger partial charge in [0.25, 0.3) is 0 Å². The second kappa shape index (κ2) is 5.83. The zero-order valence-electron chi connectivity index (χ0n) is 11.7. The largest absolute Gasteiger partial charge is 0.354 e. The minimum Gasteiger partial charge on any atom is -0.354 e. The molecule has 1 saturated carbocycles. The molecule has 0 radical (unpaired) electrons. The second-order valence-corrected chi connectivity index (χ2v) is 7.39. The van der Waals surface area contributed by atoms with E-state index in [1.54, 1.807) is 0 Å². The van der Waals surface area contributed by atoms with Gasteiger partial charge in [-0.15, -0.1) is 0 Å². The van der Waals surface area contributed by atoms with Crippen molar-refractivity contribution in [1.82, 2.24) is 10.6 Å². The van der Waals surface area contributed by atoms with Gasteiger partial charge in [0.15, 0.2) is 0 Å². The number of nitrogens with one attached hydrogen (secondary N) is 2. The number of thioether (sulfide) groups is 1. The molecule has 3 nitrogen and oxygen atoms in total. The topological polar surface area (TPSA) is 41.1 Å². The van der Waals surface area contributed by atoms with E-state index < -0.39 is 0 Å². The molecule has 0 bridgehead atoms. The number of carbonyl (C=O) groups excluding carboxylic acids is 1. The summed E-state index contributed by atoms with van der Waals surface area (Å²) in [5.74, 6) is 0.242. The summed E-state index contributed by atoms with van der Waals surface area (Å²) in [5.41, 5.74) is -0.186. The maximum absolute atomic E-state index is 12.3. The Labute approximate surface area is 115 Å². The van der Waals surface area contributed by atoms with Gasteiger partial charge in [-0.25, -0.2) is 0 Å². The highest BCUT2D eigenvalue weighted by molar-refractivity contribution is 8.00. The van der Waals surface area contributed by atoms with Crippen LogP contribution < -0.4 is 10.6 Å². The fourth-order valence-corrected chi connectivity index (χ4v) is 4.03. The first kappa shape index (κ1) is 14.2. The summed E-state index contributed by atoms with van der Waals surface area (Å²) in [6, 6.07) is 0. The molecule has 1 amide bonds. The molecule has 1 aliphatic heterocycles. The number of rotatable bonds is 4. The number of hydrogen-bond donors (Lipinski definition) is 2. The van der Waals surface area contributed by atoms with Crippen LogP contribution in [0.25, 0.3) is 0 Å². The van der Waals surface area contributed by atoms with Crippen molar-refractivity contribution >= 4 is 17.7 Å². The van der Waals surface area contributed by atoms with Crippen LogP contribution in [0.2, 0.25) is 0 Å². The van der Waals surface area contributed by atoms with E-state index in [9.17, 15) is 4.79 Å². The Kier molecular flexibility index (Phi) is 4.59. The third-order valence-corrected chi connectivity index (χ3v) is 6.10. The van der Waals surface area contributed by atoms with Gasteiger partial charge < -0.3 is 10.6 Å². The van der Waals surface area contributed by atoms with Crippen molar-refractivity contribution in [2.45, 2.75) is 50.2 Å². The van der Waals surface area contributed by atoms with Gasteiger partial charge >= 0.3 is 0 Å². The van der Waals surface area contributed by atoms with Crippen LogP contribution in [-0.2, 0) is 4.79 Å². The van der Waals surface area contributed by atoms with Gasteiger partial charge in [0.1, 0.15) is 0 Å². The summed E-state index contributed by atoms with van der Waals surface area (Å²) in [6.07, 6.45) is 9.65. The summed E-state index contributed by atoms with van der Waals surface area (Å²) in [6.45, 7) is 4.72. The molecule has 104 valence electrons. The molecule has 1 atom stereocenters. The van der Waals surface area contributed by atoms with Gasteiger partial charge in [-0.05, 0) is 39.0 Å². The summed E-state index contributed by atoms with van der Waals surface area (Å²) in [4.78, 5) is 12.3. The zero-order chi connectivity index (χ0) is 13.1. The Balaban J connectivity index is 1.87. The molecule has 2 aliphatic rings. The number of hydrogen-bond acceptors (Lipinski definition) is 3. The van der Waals surface area contributed by atoms with Crippen LogP contribution in [0.1, 0.15) is 45.4 Å². The van der Waals surface area contributed by atoms with E-state index >= 15 is 0 Å². The molecule has 0 aromatic carbocycles. The lowest BCUT2D eigenvalue weighted by Gasteiger charge is -2.36. The van der Waals surface area contributed by atoms with Crippen molar-refractivity contribution in [2.75, 3.05) is 25.9 Å². The first-order valence-electron chi connectivity index (χ1n) is 7.14. The fourth-order valence-electron chi connectivity index (χ4n) is 3.11. The summed E-state index contributed by atoms with van der Waals surface area (Å²) in [5, 5.41) is 6.52. The highest BCUT2D eigenvalue weighted by atomic mass is 32.2. The van der Waals surface area contributed by atoms with E-state index in [4.69, 9.17) is 0 Å². The normalized spacial score (nSPS) is 31.2. The van der Waals surface area contributed by atoms with Gasteiger partial charge in [-0.1, -0.05) is 19.3 Å². The molecule has 1 heterocycles. The fraction of sp³-hybridized carbons (Fsp3) is 0.929. The molecule has 1 aliphatic carbocycles. The minimum absolute atomic E-state index is 0.186. The average molecular weight is 270 g/mol. The SMILES string of the molecule is CSC1(CNC(=O)C2(C)CCNC2)CCCCC1. The molecule has 1 saturated heterocycles. The van der Waals surface area contributed by atoms with Crippen molar-refractivity contribution in [3.63, 3.8) is 0 Å². The molecule has 18 heavy (non-hydrogen) atoms. The van der Waals surface area contributed by atoms with Gasteiger partial charge in [-0.2, -0.15) is 11.8 Å².